The maximum absolute atomic E-state index is 11.4. The molecule has 1 N–H and O–H groups in total. The van der Waals surface area contributed by atoms with Gasteiger partial charge in [0.15, 0.2) is 0 Å². The summed E-state index contributed by atoms with van der Waals surface area (Å²) in [4.78, 5) is 11.4. The molecule has 1 heterocycles. The van der Waals surface area contributed by atoms with Crippen LogP contribution in [0.4, 0.5) is 0 Å². The Bertz CT molecular complexity index is 229. The monoisotopic (exact) mass is 247 g/mol. The van der Waals surface area contributed by atoms with Gasteiger partial charge < -0.3 is 10.1 Å². The molecule has 2 rings (SSSR count). The number of ether oxygens (including phenoxy) is 1. The Morgan fingerprint density at radius 3 is 2.50 bits per heavy atom. The van der Waals surface area contributed by atoms with Gasteiger partial charge in [0.2, 0.25) is 0 Å². The van der Waals surface area contributed by atoms with Crippen molar-refractivity contribution in [1.82, 2.24) is 5.32 Å². The number of carbonyl (C=O) groups is 1. The lowest BCUT2D eigenvalue weighted by atomic mass is 9.79. The van der Waals surface area contributed by atoms with E-state index in [1.807, 2.05) is 0 Å². The van der Waals surface area contributed by atoms with E-state index in [9.17, 15) is 4.79 Å². The third-order valence-corrected chi connectivity index (χ3v) is 3.97. The summed E-state index contributed by atoms with van der Waals surface area (Å²) in [6.07, 6.45) is 7.86. The van der Waals surface area contributed by atoms with E-state index in [1.165, 1.54) is 39.2 Å². The average Bonchev–Trinajstić information content (AvgIpc) is 2.78. The number of rotatable bonds is 2. The van der Waals surface area contributed by atoms with Crippen molar-refractivity contribution in [3.8, 4) is 0 Å². The summed E-state index contributed by atoms with van der Waals surface area (Å²) in [5, 5.41) is 3.28. The fraction of sp³-hybridized carbons (Fsp3) is 0.917. The third-order valence-electron chi connectivity index (χ3n) is 3.97. The third kappa shape index (κ3) is 3.11. The van der Waals surface area contributed by atoms with Crippen LogP contribution in [0.3, 0.4) is 0 Å². The van der Waals surface area contributed by atoms with Gasteiger partial charge in [-0.15, -0.1) is 12.4 Å². The van der Waals surface area contributed by atoms with E-state index in [4.69, 9.17) is 4.74 Å². The van der Waals surface area contributed by atoms with Gasteiger partial charge in [-0.1, -0.05) is 32.1 Å². The Labute approximate surface area is 104 Å². The van der Waals surface area contributed by atoms with Crippen molar-refractivity contribution in [2.75, 3.05) is 13.7 Å². The molecule has 2 atom stereocenters. The van der Waals surface area contributed by atoms with Gasteiger partial charge in [-0.2, -0.15) is 0 Å². The first-order chi connectivity index (χ1) is 7.31. The van der Waals surface area contributed by atoms with Gasteiger partial charge in [-0.3, -0.25) is 4.79 Å². The normalized spacial score (nSPS) is 30.8. The van der Waals surface area contributed by atoms with Crippen molar-refractivity contribution in [3.05, 3.63) is 0 Å². The van der Waals surface area contributed by atoms with Gasteiger partial charge >= 0.3 is 5.97 Å². The number of hydrogen-bond acceptors (Lipinski definition) is 3. The van der Waals surface area contributed by atoms with Crippen molar-refractivity contribution in [2.45, 2.75) is 44.6 Å². The maximum Gasteiger partial charge on any atom is 0.322 e. The molecule has 0 amide bonds. The lowest BCUT2D eigenvalue weighted by molar-refractivity contribution is -0.142. The molecule has 0 aromatic rings. The number of methoxy groups -OCH3 is 1. The Morgan fingerprint density at radius 2 is 1.88 bits per heavy atom. The van der Waals surface area contributed by atoms with Crippen LogP contribution < -0.4 is 5.32 Å². The molecule has 94 valence electrons. The first kappa shape index (κ1) is 13.8. The van der Waals surface area contributed by atoms with Gasteiger partial charge in [-0.25, -0.2) is 0 Å². The first-order valence-electron chi connectivity index (χ1n) is 6.12. The zero-order valence-corrected chi connectivity index (χ0v) is 10.7. The van der Waals surface area contributed by atoms with Crippen LogP contribution in [-0.2, 0) is 9.53 Å². The van der Waals surface area contributed by atoms with E-state index in [1.54, 1.807) is 0 Å². The fourth-order valence-electron chi connectivity index (χ4n) is 3.05. The van der Waals surface area contributed by atoms with Gasteiger partial charge in [0.1, 0.15) is 6.04 Å². The smallest absolute Gasteiger partial charge is 0.322 e. The van der Waals surface area contributed by atoms with Crippen LogP contribution in [0, 0.1) is 11.8 Å². The zero-order chi connectivity index (χ0) is 10.7. The highest BCUT2D eigenvalue weighted by Crippen LogP contribution is 2.34. The van der Waals surface area contributed by atoms with E-state index in [2.05, 4.69) is 5.32 Å². The van der Waals surface area contributed by atoms with Crippen molar-refractivity contribution >= 4 is 18.4 Å². The van der Waals surface area contributed by atoms with Crippen LogP contribution in [0.5, 0.6) is 0 Å². The minimum Gasteiger partial charge on any atom is -0.468 e. The average molecular weight is 248 g/mol. The summed E-state index contributed by atoms with van der Waals surface area (Å²) < 4.78 is 4.77. The number of hydrogen-bond donors (Lipinski definition) is 1. The minimum absolute atomic E-state index is 0. The Kier molecular flexibility index (Phi) is 5.56. The SMILES string of the molecule is COC(=O)C1CC(C2CCCCC2)CN1.Cl. The topological polar surface area (TPSA) is 38.3 Å². The fourth-order valence-corrected chi connectivity index (χ4v) is 3.05. The van der Waals surface area contributed by atoms with E-state index in [-0.39, 0.29) is 24.4 Å². The molecule has 1 saturated heterocycles. The van der Waals surface area contributed by atoms with Crippen LogP contribution in [0.15, 0.2) is 0 Å². The highest BCUT2D eigenvalue weighted by atomic mass is 35.5. The largest absolute Gasteiger partial charge is 0.468 e. The Morgan fingerprint density at radius 1 is 1.19 bits per heavy atom. The van der Waals surface area contributed by atoms with E-state index >= 15 is 0 Å². The van der Waals surface area contributed by atoms with Crippen molar-refractivity contribution in [3.63, 3.8) is 0 Å². The number of carbonyl (C=O) groups excluding carboxylic acids is 1. The maximum atomic E-state index is 11.4. The molecule has 0 bridgehead atoms. The molecule has 2 unspecified atom stereocenters. The molecule has 0 aromatic heterocycles. The molecule has 0 spiro atoms. The zero-order valence-electron chi connectivity index (χ0n) is 9.91. The van der Waals surface area contributed by atoms with Crippen LogP contribution in [0.2, 0.25) is 0 Å². The molecule has 16 heavy (non-hydrogen) atoms. The highest BCUT2D eigenvalue weighted by molar-refractivity contribution is 5.85. The van der Waals surface area contributed by atoms with E-state index in [0.717, 1.165) is 18.9 Å². The summed E-state index contributed by atoms with van der Waals surface area (Å²) in [6.45, 7) is 1.00. The summed E-state index contributed by atoms with van der Waals surface area (Å²) >= 11 is 0. The second-order valence-corrected chi connectivity index (χ2v) is 4.88. The van der Waals surface area contributed by atoms with E-state index in [0.29, 0.717) is 5.92 Å². The highest BCUT2D eigenvalue weighted by Gasteiger charge is 2.34. The molecule has 2 fully saturated rings. The van der Waals surface area contributed by atoms with Gasteiger partial charge in [0.05, 0.1) is 7.11 Å². The Hall–Kier alpha value is -0.280. The van der Waals surface area contributed by atoms with Crippen molar-refractivity contribution in [2.24, 2.45) is 11.8 Å². The number of nitrogens with one attached hydrogen (secondary N) is 1. The van der Waals surface area contributed by atoms with Crippen LogP contribution in [-0.4, -0.2) is 25.7 Å². The molecule has 1 aliphatic carbocycles. The Balaban J connectivity index is 0.00000128. The minimum atomic E-state index is -0.0895. The standard InChI is InChI=1S/C12H21NO2.ClH/c1-15-12(14)11-7-10(8-13-11)9-5-3-2-4-6-9;/h9-11,13H,2-8H2,1H3;1H. The van der Waals surface area contributed by atoms with E-state index < -0.39 is 0 Å². The summed E-state index contributed by atoms with van der Waals surface area (Å²) in [5.41, 5.74) is 0. The molecule has 3 nitrogen and oxygen atoms in total. The second-order valence-electron chi connectivity index (χ2n) is 4.88. The lowest BCUT2D eigenvalue weighted by Crippen LogP contribution is -2.31. The lowest BCUT2D eigenvalue weighted by Gasteiger charge is -2.26. The predicted octanol–water partition coefficient (Wildman–Crippen LogP) is 2.14. The number of esters is 1. The van der Waals surface area contributed by atoms with Crippen LogP contribution >= 0.6 is 12.4 Å². The van der Waals surface area contributed by atoms with Crippen molar-refractivity contribution < 1.29 is 9.53 Å². The first-order valence-corrected chi connectivity index (χ1v) is 6.12. The molecular formula is C12H22ClNO2. The predicted molar refractivity (Wildman–Crippen MR) is 65.7 cm³/mol. The molecule has 1 saturated carbocycles. The molecule has 4 heteroatoms. The second kappa shape index (κ2) is 6.45. The molecule has 1 aliphatic heterocycles. The van der Waals surface area contributed by atoms with Gasteiger partial charge in [-0.05, 0) is 24.8 Å². The van der Waals surface area contributed by atoms with Crippen LogP contribution in [0.25, 0.3) is 0 Å². The number of halogens is 1. The van der Waals surface area contributed by atoms with Gasteiger partial charge in [0, 0.05) is 0 Å². The summed E-state index contributed by atoms with van der Waals surface area (Å²) in [5.74, 6) is 1.46. The summed E-state index contributed by atoms with van der Waals surface area (Å²) in [6, 6.07) is -0.0399. The molecule has 0 aromatic carbocycles. The van der Waals surface area contributed by atoms with Crippen LogP contribution in [0.1, 0.15) is 38.5 Å². The molecular weight excluding hydrogens is 226 g/mol. The summed E-state index contributed by atoms with van der Waals surface area (Å²) in [7, 11) is 1.47. The molecule has 0 radical (unpaired) electrons. The molecule has 2 aliphatic rings. The van der Waals surface area contributed by atoms with Crippen molar-refractivity contribution in [1.29, 1.82) is 0 Å². The quantitative estimate of drug-likeness (QED) is 0.760. The van der Waals surface area contributed by atoms with Gasteiger partial charge in [0.25, 0.3) is 0 Å².